The summed E-state index contributed by atoms with van der Waals surface area (Å²) >= 11 is 5.30. The molecule has 2 nitrogen and oxygen atoms in total. The van der Waals surface area contributed by atoms with E-state index in [0.29, 0.717) is 6.04 Å². The molecule has 1 heterocycles. The van der Waals surface area contributed by atoms with Gasteiger partial charge in [0, 0.05) is 21.9 Å². The van der Waals surface area contributed by atoms with Crippen molar-refractivity contribution in [1.82, 2.24) is 5.32 Å². The zero-order valence-corrected chi connectivity index (χ0v) is 11.9. The molecule has 0 aromatic carbocycles. The lowest BCUT2D eigenvalue weighted by atomic mass is 10.3. The zero-order valence-electron chi connectivity index (χ0n) is 9.54. The number of nitrogens with one attached hydrogen (secondary N) is 1. The molecule has 1 rings (SSSR count). The SMILES string of the molecule is C=CCCOCCNC(C)c1sccc1Br. The average molecular weight is 304 g/mol. The summed E-state index contributed by atoms with van der Waals surface area (Å²) in [6.07, 6.45) is 2.80. The second-order valence-electron chi connectivity index (χ2n) is 3.50. The van der Waals surface area contributed by atoms with Crippen molar-refractivity contribution in [3.8, 4) is 0 Å². The Bertz CT molecular complexity index is 314. The fourth-order valence-corrected chi connectivity index (χ4v) is 3.07. The highest BCUT2D eigenvalue weighted by Crippen LogP contribution is 2.28. The second kappa shape index (κ2) is 8.01. The lowest BCUT2D eigenvalue weighted by Crippen LogP contribution is -2.23. The van der Waals surface area contributed by atoms with Crippen molar-refractivity contribution in [2.45, 2.75) is 19.4 Å². The predicted molar refractivity (Wildman–Crippen MR) is 74.1 cm³/mol. The molecular weight excluding hydrogens is 286 g/mol. The van der Waals surface area contributed by atoms with Gasteiger partial charge in [-0.2, -0.15) is 0 Å². The van der Waals surface area contributed by atoms with Gasteiger partial charge < -0.3 is 10.1 Å². The summed E-state index contributed by atoms with van der Waals surface area (Å²) in [7, 11) is 0. The Hall–Kier alpha value is -0.160. The molecule has 16 heavy (non-hydrogen) atoms. The van der Waals surface area contributed by atoms with Crippen LogP contribution in [0.5, 0.6) is 0 Å². The van der Waals surface area contributed by atoms with Gasteiger partial charge >= 0.3 is 0 Å². The lowest BCUT2D eigenvalue weighted by Gasteiger charge is -2.12. The highest BCUT2D eigenvalue weighted by molar-refractivity contribution is 9.10. The summed E-state index contributed by atoms with van der Waals surface area (Å²) in [6, 6.07) is 2.45. The van der Waals surface area contributed by atoms with Crippen LogP contribution in [-0.2, 0) is 4.74 Å². The van der Waals surface area contributed by atoms with Gasteiger partial charge in [-0.05, 0) is 40.7 Å². The first-order valence-electron chi connectivity index (χ1n) is 5.40. The Morgan fingerprint density at radius 3 is 3.06 bits per heavy atom. The minimum absolute atomic E-state index is 0.373. The van der Waals surface area contributed by atoms with Gasteiger partial charge in [-0.15, -0.1) is 17.9 Å². The maximum absolute atomic E-state index is 5.43. The predicted octanol–water partition coefficient (Wildman–Crippen LogP) is 3.75. The van der Waals surface area contributed by atoms with E-state index in [1.165, 1.54) is 9.35 Å². The Morgan fingerprint density at radius 2 is 2.44 bits per heavy atom. The molecule has 0 fully saturated rings. The molecule has 1 aromatic rings. The van der Waals surface area contributed by atoms with E-state index < -0.39 is 0 Å². The van der Waals surface area contributed by atoms with E-state index in [-0.39, 0.29) is 0 Å². The highest BCUT2D eigenvalue weighted by atomic mass is 79.9. The maximum atomic E-state index is 5.43. The quantitative estimate of drug-likeness (QED) is 0.583. The Labute approximate surface area is 110 Å². The number of ether oxygens (including phenoxy) is 1. The minimum Gasteiger partial charge on any atom is -0.380 e. The van der Waals surface area contributed by atoms with Crippen molar-refractivity contribution in [1.29, 1.82) is 0 Å². The molecule has 4 heteroatoms. The van der Waals surface area contributed by atoms with Gasteiger partial charge in [0.1, 0.15) is 0 Å². The van der Waals surface area contributed by atoms with E-state index in [2.05, 4.69) is 46.2 Å². The summed E-state index contributed by atoms with van der Waals surface area (Å²) < 4.78 is 6.62. The van der Waals surface area contributed by atoms with Gasteiger partial charge in [0.25, 0.3) is 0 Å². The summed E-state index contributed by atoms with van der Waals surface area (Å²) in [5, 5.41) is 5.53. The van der Waals surface area contributed by atoms with Gasteiger partial charge in [-0.3, -0.25) is 0 Å². The van der Waals surface area contributed by atoms with Crippen LogP contribution < -0.4 is 5.32 Å². The topological polar surface area (TPSA) is 21.3 Å². The van der Waals surface area contributed by atoms with E-state index in [4.69, 9.17) is 4.74 Å². The van der Waals surface area contributed by atoms with Crippen LogP contribution in [0.2, 0.25) is 0 Å². The van der Waals surface area contributed by atoms with Gasteiger partial charge in [0.15, 0.2) is 0 Å². The first-order chi connectivity index (χ1) is 7.75. The third-order valence-electron chi connectivity index (χ3n) is 2.20. The van der Waals surface area contributed by atoms with Crippen LogP contribution in [-0.4, -0.2) is 19.8 Å². The molecule has 0 amide bonds. The number of hydrogen-bond acceptors (Lipinski definition) is 3. The van der Waals surface area contributed by atoms with Crippen molar-refractivity contribution in [2.24, 2.45) is 0 Å². The van der Waals surface area contributed by atoms with E-state index >= 15 is 0 Å². The van der Waals surface area contributed by atoms with Gasteiger partial charge in [0.05, 0.1) is 13.2 Å². The fraction of sp³-hybridized carbons (Fsp3) is 0.500. The third-order valence-corrected chi connectivity index (χ3v) is 4.25. The standard InChI is InChI=1S/C12H18BrNOS/c1-3-4-7-15-8-6-14-10(2)12-11(13)5-9-16-12/h3,5,9-10,14H,1,4,6-8H2,2H3. The third kappa shape index (κ3) is 4.78. The summed E-state index contributed by atoms with van der Waals surface area (Å²) in [4.78, 5) is 1.34. The molecule has 0 bridgehead atoms. The molecule has 0 radical (unpaired) electrons. The molecular formula is C12H18BrNOS. The summed E-state index contributed by atoms with van der Waals surface area (Å²) in [5.74, 6) is 0. The van der Waals surface area contributed by atoms with Crippen LogP contribution in [0.4, 0.5) is 0 Å². The van der Waals surface area contributed by atoms with Crippen LogP contribution in [0.3, 0.4) is 0 Å². The van der Waals surface area contributed by atoms with E-state index in [9.17, 15) is 0 Å². The summed E-state index contributed by atoms with van der Waals surface area (Å²) in [6.45, 7) is 8.21. The maximum Gasteiger partial charge on any atom is 0.0591 e. The Morgan fingerprint density at radius 1 is 1.62 bits per heavy atom. The van der Waals surface area contributed by atoms with E-state index in [1.54, 1.807) is 11.3 Å². The normalized spacial score (nSPS) is 12.6. The lowest BCUT2D eigenvalue weighted by molar-refractivity contribution is 0.138. The van der Waals surface area contributed by atoms with Crippen LogP contribution in [0, 0.1) is 0 Å². The molecule has 0 saturated carbocycles. The summed E-state index contributed by atoms with van der Waals surface area (Å²) in [5.41, 5.74) is 0. The van der Waals surface area contributed by atoms with Crippen molar-refractivity contribution in [3.05, 3.63) is 33.5 Å². The molecule has 0 aliphatic carbocycles. The highest BCUT2D eigenvalue weighted by Gasteiger charge is 2.09. The van der Waals surface area contributed by atoms with Crippen LogP contribution in [0.15, 0.2) is 28.6 Å². The van der Waals surface area contributed by atoms with E-state index in [0.717, 1.165) is 26.2 Å². The largest absolute Gasteiger partial charge is 0.380 e. The van der Waals surface area contributed by atoms with Crippen molar-refractivity contribution in [2.75, 3.05) is 19.8 Å². The Balaban J connectivity index is 2.13. The first-order valence-corrected chi connectivity index (χ1v) is 7.08. The second-order valence-corrected chi connectivity index (χ2v) is 5.30. The minimum atomic E-state index is 0.373. The van der Waals surface area contributed by atoms with Gasteiger partial charge in [-0.1, -0.05) is 6.08 Å². The van der Waals surface area contributed by atoms with Gasteiger partial charge in [-0.25, -0.2) is 0 Å². The average Bonchev–Trinajstić information content (AvgIpc) is 2.69. The molecule has 1 atom stereocenters. The van der Waals surface area contributed by atoms with E-state index in [1.807, 2.05) is 6.08 Å². The number of thiophene rings is 1. The molecule has 1 aromatic heterocycles. The molecule has 1 N–H and O–H groups in total. The van der Waals surface area contributed by atoms with Crippen molar-refractivity contribution in [3.63, 3.8) is 0 Å². The fourth-order valence-electron chi connectivity index (χ4n) is 1.32. The zero-order chi connectivity index (χ0) is 11.8. The molecule has 0 aliphatic rings. The Kier molecular flexibility index (Phi) is 6.96. The van der Waals surface area contributed by atoms with Crippen molar-refractivity contribution >= 4 is 27.3 Å². The number of hydrogen-bond donors (Lipinski definition) is 1. The molecule has 90 valence electrons. The molecule has 1 unspecified atom stereocenters. The van der Waals surface area contributed by atoms with Crippen LogP contribution >= 0.6 is 27.3 Å². The first kappa shape index (κ1) is 13.9. The van der Waals surface area contributed by atoms with Crippen molar-refractivity contribution < 1.29 is 4.74 Å². The van der Waals surface area contributed by atoms with Gasteiger partial charge in [0.2, 0.25) is 0 Å². The molecule has 0 saturated heterocycles. The van der Waals surface area contributed by atoms with Crippen LogP contribution in [0.1, 0.15) is 24.3 Å². The number of rotatable bonds is 8. The number of halogens is 1. The molecule has 0 spiro atoms. The smallest absolute Gasteiger partial charge is 0.0591 e. The monoisotopic (exact) mass is 303 g/mol. The van der Waals surface area contributed by atoms with Crippen LogP contribution in [0.25, 0.3) is 0 Å². The molecule has 0 aliphatic heterocycles.